The fourth-order valence-electron chi connectivity index (χ4n) is 4.69. The Labute approximate surface area is 179 Å². The summed E-state index contributed by atoms with van der Waals surface area (Å²) in [5.41, 5.74) is 1.94. The standard InChI is InChI=1S/C24H33N5O/c1-3-28-15-12-19(13-16-28)17-24(30)29-14-6-9-21(29)20-8-5-11-23(26-20)27-22-10-4-7-18(2)25-22/h4-5,7-8,10-11,19,21H,3,6,9,12-17H2,1-2H3,(H,25,26,27). The normalized spacial score (nSPS) is 20.5. The maximum Gasteiger partial charge on any atom is 0.223 e. The maximum atomic E-state index is 13.1. The molecule has 2 aromatic rings. The van der Waals surface area contributed by atoms with Crippen LogP contribution in [0.25, 0.3) is 0 Å². The van der Waals surface area contributed by atoms with Crippen molar-refractivity contribution >= 4 is 17.5 Å². The monoisotopic (exact) mass is 407 g/mol. The number of aromatic nitrogens is 2. The molecule has 2 saturated heterocycles. The smallest absolute Gasteiger partial charge is 0.223 e. The number of rotatable bonds is 6. The van der Waals surface area contributed by atoms with E-state index in [1.807, 2.05) is 43.3 Å². The molecule has 2 aliphatic rings. The summed E-state index contributed by atoms with van der Waals surface area (Å²) < 4.78 is 0. The van der Waals surface area contributed by atoms with Gasteiger partial charge >= 0.3 is 0 Å². The lowest BCUT2D eigenvalue weighted by molar-refractivity contribution is -0.133. The number of hydrogen-bond acceptors (Lipinski definition) is 5. The molecule has 30 heavy (non-hydrogen) atoms. The van der Waals surface area contributed by atoms with Gasteiger partial charge in [-0.05, 0) is 82.4 Å². The first kappa shape index (κ1) is 20.8. The maximum absolute atomic E-state index is 13.1. The van der Waals surface area contributed by atoms with Crippen molar-refractivity contribution in [3.05, 3.63) is 47.8 Å². The van der Waals surface area contributed by atoms with Crippen LogP contribution in [0.4, 0.5) is 11.6 Å². The van der Waals surface area contributed by atoms with E-state index in [2.05, 4.69) is 27.0 Å². The predicted octanol–water partition coefficient (Wildman–Crippen LogP) is 4.31. The first-order chi connectivity index (χ1) is 14.6. The minimum atomic E-state index is 0.0837. The zero-order chi connectivity index (χ0) is 20.9. The summed E-state index contributed by atoms with van der Waals surface area (Å²) in [6, 6.07) is 12.0. The summed E-state index contributed by atoms with van der Waals surface area (Å²) in [5, 5.41) is 3.30. The lowest BCUT2D eigenvalue weighted by Crippen LogP contribution is -2.37. The third-order valence-electron chi connectivity index (χ3n) is 6.45. The second-order valence-corrected chi connectivity index (χ2v) is 8.56. The molecule has 0 saturated carbocycles. The summed E-state index contributed by atoms with van der Waals surface area (Å²) >= 11 is 0. The summed E-state index contributed by atoms with van der Waals surface area (Å²) in [4.78, 5) is 27.0. The van der Waals surface area contributed by atoms with E-state index in [1.54, 1.807) is 0 Å². The third-order valence-corrected chi connectivity index (χ3v) is 6.45. The van der Waals surface area contributed by atoms with E-state index >= 15 is 0 Å². The molecule has 160 valence electrons. The van der Waals surface area contributed by atoms with Gasteiger partial charge in [0.1, 0.15) is 11.6 Å². The zero-order valence-corrected chi connectivity index (χ0v) is 18.2. The summed E-state index contributed by atoms with van der Waals surface area (Å²) in [5.74, 6) is 2.39. The number of likely N-dealkylation sites (tertiary alicyclic amines) is 2. The summed E-state index contributed by atoms with van der Waals surface area (Å²) in [6.07, 6.45) is 4.99. The third kappa shape index (κ3) is 4.98. The van der Waals surface area contributed by atoms with E-state index in [9.17, 15) is 4.79 Å². The fraction of sp³-hybridized carbons (Fsp3) is 0.542. The summed E-state index contributed by atoms with van der Waals surface area (Å²) in [6.45, 7) is 8.40. The van der Waals surface area contributed by atoms with Gasteiger partial charge in [0.05, 0.1) is 11.7 Å². The summed E-state index contributed by atoms with van der Waals surface area (Å²) in [7, 11) is 0. The average molecular weight is 408 g/mol. The molecule has 4 heterocycles. The molecule has 0 bridgehead atoms. The van der Waals surface area contributed by atoms with Gasteiger partial charge in [0.25, 0.3) is 0 Å². The zero-order valence-electron chi connectivity index (χ0n) is 18.2. The van der Waals surface area contributed by atoms with Gasteiger partial charge in [0.2, 0.25) is 5.91 Å². The highest BCUT2D eigenvalue weighted by Crippen LogP contribution is 2.33. The van der Waals surface area contributed by atoms with Crippen LogP contribution in [0.1, 0.15) is 56.5 Å². The van der Waals surface area contributed by atoms with Gasteiger partial charge in [0.15, 0.2) is 0 Å². The molecule has 0 radical (unpaired) electrons. The Kier molecular flexibility index (Phi) is 6.62. The molecule has 0 aromatic carbocycles. The van der Waals surface area contributed by atoms with Crippen LogP contribution in [-0.4, -0.2) is 51.9 Å². The molecule has 6 nitrogen and oxygen atoms in total. The van der Waals surface area contributed by atoms with Crippen LogP contribution in [0.5, 0.6) is 0 Å². The molecule has 2 aromatic heterocycles. The number of nitrogens with one attached hydrogen (secondary N) is 1. The molecule has 2 aliphatic heterocycles. The number of anilines is 2. The van der Waals surface area contributed by atoms with Gasteiger partial charge in [-0.25, -0.2) is 9.97 Å². The lowest BCUT2D eigenvalue weighted by Gasteiger charge is -2.32. The Hall–Kier alpha value is -2.47. The second-order valence-electron chi connectivity index (χ2n) is 8.56. The predicted molar refractivity (Wildman–Crippen MR) is 120 cm³/mol. The Morgan fingerprint density at radius 2 is 1.77 bits per heavy atom. The number of nitrogens with zero attached hydrogens (tertiary/aromatic N) is 4. The molecular formula is C24H33N5O. The highest BCUT2D eigenvalue weighted by Gasteiger charge is 2.32. The number of aryl methyl sites for hydroxylation is 1. The van der Waals surface area contributed by atoms with Crippen molar-refractivity contribution in [2.45, 2.75) is 52.0 Å². The number of hydrogen-bond donors (Lipinski definition) is 1. The average Bonchev–Trinajstić information content (AvgIpc) is 3.25. The van der Waals surface area contributed by atoms with Gasteiger partial charge in [-0.3, -0.25) is 4.79 Å². The molecule has 6 heteroatoms. The molecular weight excluding hydrogens is 374 g/mol. The van der Waals surface area contributed by atoms with Crippen molar-refractivity contribution in [1.29, 1.82) is 0 Å². The van der Waals surface area contributed by atoms with Crippen molar-refractivity contribution in [3.8, 4) is 0 Å². The van der Waals surface area contributed by atoms with Crippen LogP contribution in [0, 0.1) is 12.8 Å². The Morgan fingerprint density at radius 1 is 1.03 bits per heavy atom. The highest BCUT2D eigenvalue weighted by atomic mass is 16.2. The van der Waals surface area contributed by atoms with Crippen molar-refractivity contribution in [1.82, 2.24) is 19.8 Å². The van der Waals surface area contributed by atoms with Crippen LogP contribution in [0.15, 0.2) is 36.4 Å². The fourth-order valence-corrected chi connectivity index (χ4v) is 4.69. The molecule has 1 unspecified atom stereocenters. The first-order valence-corrected chi connectivity index (χ1v) is 11.3. The molecule has 1 atom stereocenters. The van der Waals surface area contributed by atoms with Crippen LogP contribution in [0.3, 0.4) is 0 Å². The topological polar surface area (TPSA) is 61.4 Å². The molecule has 0 aliphatic carbocycles. The Balaban J connectivity index is 1.41. The number of piperidine rings is 1. The van der Waals surface area contributed by atoms with Gasteiger partial charge in [0, 0.05) is 18.7 Å². The van der Waals surface area contributed by atoms with E-state index in [0.29, 0.717) is 18.2 Å². The Morgan fingerprint density at radius 3 is 2.50 bits per heavy atom. The van der Waals surface area contributed by atoms with Crippen molar-refractivity contribution in [2.75, 3.05) is 31.5 Å². The first-order valence-electron chi connectivity index (χ1n) is 11.3. The van der Waals surface area contributed by atoms with Crippen LogP contribution < -0.4 is 5.32 Å². The quantitative estimate of drug-likeness (QED) is 0.773. The molecule has 1 amide bonds. The van der Waals surface area contributed by atoms with Crippen molar-refractivity contribution < 1.29 is 4.79 Å². The van der Waals surface area contributed by atoms with Crippen LogP contribution in [0.2, 0.25) is 0 Å². The van der Waals surface area contributed by atoms with Gasteiger partial charge in [-0.1, -0.05) is 19.1 Å². The number of amides is 1. The van der Waals surface area contributed by atoms with Crippen LogP contribution in [-0.2, 0) is 4.79 Å². The minimum Gasteiger partial charge on any atom is -0.334 e. The minimum absolute atomic E-state index is 0.0837. The van der Waals surface area contributed by atoms with Gasteiger partial charge in [-0.15, -0.1) is 0 Å². The largest absolute Gasteiger partial charge is 0.334 e. The number of pyridine rings is 2. The van der Waals surface area contributed by atoms with Gasteiger partial charge in [-0.2, -0.15) is 0 Å². The van der Waals surface area contributed by atoms with Crippen LogP contribution >= 0.6 is 0 Å². The highest BCUT2D eigenvalue weighted by molar-refractivity contribution is 5.77. The number of carbonyl (C=O) groups is 1. The Bertz CT molecular complexity index is 862. The van der Waals surface area contributed by atoms with E-state index in [4.69, 9.17) is 4.98 Å². The van der Waals surface area contributed by atoms with Crippen molar-refractivity contribution in [3.63, 3.8) is 0 Å². The molecule has 1 N–H and O–H groups in total. The second kappa shape index (κ2) is 9.56. The molecule has 4 rings (SSSR count). The molecule has 0 spiro atoms. The number of carbonyl (C=O) groups excluding carboxylic acids is 1. The molecule has 2 fully saturated rings. The van der Waals surface area contributed by atoms with E-state index in [-0.39, 0.29) is 6.04 Å². The van der Waals surface area contributed by atoms with E-state index in [1.165, 1.54) is 0 Å². The van der Waals surface area contributed by atoms with E-state index in [0.717, 1.165) is 74.9 Å². The SMILES string of the molecule is CCN1CCC(CC(=O)N2CCCC2c2cccc(Nc3cccc(C)n3)n2)CC1. The van der Waals surface area contributed by atoms with E-state index < -0.39 is 0 Å². The lowest BCUT2D eigenvalue weighted by atomic mass is 9.93. The van der Waals surface area contributed by atoms with Gasteiger partial charge < -0.3 is 15.1 Å². The van der Waals surface area contributed by atoms with Crippen molar-refractivity contribution in [2.24, 2.45) is 5.92 Å².